The van der Waals surface area contributed by atoms with Crippen molar-refractivity contribution in [1.82, 2.24) is 4.98 Å². The molecule has 0 bridgehead atoms. The summed E-state index contributed by atoms with van der Waals surface area (Å²) in [7, 11) is 0. The molecule has 4 heteroatoms. The third kappa shape index (κ3) is 2.76. The summed E-state index contributed by atoms with van der Waals surface area (Å²) in [5, 5.41) is 5.15. The Balaban J connectivity index is 1.58. The number of hydrogen-bond donors (Lipinski definition) is 0. The molecule has 3 aromatic heterocycles. The van der Waals surface area contributed by atoms with Crippen LogP contribution in [0.15, 0.2) is 46.8 Å². The number of thiophene rings is 2. The van der Waals surface area contributed by atoms with Crippen LogP contribution >= 0.6 is 34.4 Å². The Morgan fingerprint density at radius 1 is 1.10 bits per heavy atom. The lowest BCUT2D eigenvalue weighted by Crippen LogP contribution is -2.16. The third-order valence-electron chi connectivity index (χ3n) is 6.21. The molecule has 0 N–H and O–H groups in total. The van der Waals surface area contributed by atoms with E-state index >= 15 is 0 Å². The molecule has 2 aliphatic rings. The average molecular weight is 434 g/mol. The fourth-order valence-corrected chi connectivity index (χ4v) is 8.37. The maximum Gasteiger partial charge on any atom is 0.0654 e. The topological polar surface area (TPSA) is 12.9 Å². The van der Waals surface area contributed by atoms with Gasteiger partial charge in [0.15, 0.2) is 0 Å². The van der Waals surface area contributed by atoms with Gasteiger partial charge in [0.2, 0.25) is 0 Å². The number of fused-ring (bicyclic) bond motifs is 6. The van der Waals surface area contributed by atoms with Crippen molar-refractivity contribution in [2.75, 3.05) is 5.75 Å². The predicted octanol–water partition coefficient (Wildman–Crippen LogP) is 7.93. The van der Waals surface area contributed by atoms with E-state index in [1.165, 1.54) is 58.9 Å². The number of pyridine rings is 1. The van der Waals surface area contributed by atoms with E-state index in [0.717, 1.165) is 6.42 Å². The van der Waals surface area contributed by atoms with Crippen LogP contribution in [0.2, 0.25) is 0 Å². The maximum atomic E-state index is 4.96. The minimum absolute atomic E-state index is 0.143. The second kappa shape index (κ2) is 6.44. The number of aryl methyl sites for hydroxylation is 1. The Morgan fingerprint density at radius 2 is 2.00 bits per heavy atom. The minimum Gasteiger partial charge on any atom is -0.259 e. The van der Waals surface area contributed by atoms with Crippen molar-refractivity contribution in [3.63, 3.8) is 0 Å². The molecule has 146 valence electrons. The predicted molar refractivity (Wildman–Crippen MR) is 130 cm³/mol. The first-order valence-electron chi connectivity index (χ1n) is 10.3. The summed E-state index contributed by atoms with van der Waals surface area (Å²) >= 11 is 5.84. The van der Waals surface area contributed by atoms with E-state index in [0.29, 0.717) is 5.92 Å². The van der Waals surface area contributed by atoms with Crippen molar-refractivity contribution < 1.29 is 0 Å². The van der Waals surface area contributed by atoms with Crippen LogP contribution in [0.3, 0.4) is 0 Å². The molecule has 0 saturated heterocycles. The first-order valence-corrected chi connectivity index (χ1v) is 12.9. The molecule has 6 rings (SSSR count). The summed E-state index contributed by atoms with van der Waals surface area (Å²) in [5.41, 5.74) is 5.94. The Bertz CT molecular complexity index is 1300. The number of aromatic nitrogens is 1. The number of thioether (sulfide) groups is 1. The largest absolute Gasteiger partial charge is 0.259 e. The molecule has 4 heterocycles. The molecule has 0 spiro atoms. The summed E-state index contributed by atoms with van der Waals surface area (Å²) in [6, 6.07) is 9.22. The van der Waals surface area contributed by atoms with E-state index in [1.807, 2.05) is 40.6 Å². The second-order valence-corrected chi connectivity index (χ2v) is 12.2. The van der Waals surface area contributed by atoms with Crippen LogP contribution in [0.25, 0.3) is 25.7 Å². The molecular formula is C25H23NS3. The quantitative estimate of drug-likeness (QED) is 0.302. The monoisotopic (exact) mass is 433 g/mol. The number of hydrogen-bond acceptors (Lipinski definition) is 4. The van der Waals surface area contributed by atoms with Crippen molar-refractivity contribution in [3.05, 3.63) is 63.6 Å². The molecule has 1 nitrogen and oxygen atoms in total. The number of nitrogens with zero attached hydrogens (tertiary/aromatic N) is 1. The van der Waals surface area contributed by atoms with Crippen molar-refractivity contribution in [2.45, 2.75) is 44.4 Å². The van der Waals surface area contributed by atoms with Crippen molar-refractivity contribution >= 4 is 60.2 Å². The molecule has 0 fully saturated rings. The molecule has 0 saturated carbocycles. The SMILES string of the molecule is CC(C)(C)C1=CC(c2nccc3c2sc2ccc4c(c23)CCS4)Cc2ccsc21. The van der Waals surface area contributed by atoms with Gasteiger partial charge in [-0.3, -0.25) is 4.98 Å². The Kier molecular flexibility index (Phi) is 4.03. The van der Waals surface area contributed by atoms with Gasteiger partial charge in [0.05, 0.1) is 10.4 Å². The molecular weight excluding hydrogens is 410 g/mol. The van der Waals surface area contributed by atoms with Crippen LogP contribution in [0.1, 0.15) is 48.4 Å². The highest BCUT2D eigenvalue weighted by molar-refractivity contribution is 7.99. The summed E-state index contributed by atoms with van der Waals surface area (Å²) < 4.78 is 2.81. The molecule has 1 aromatic carbocycles. The van der Waals surface area contributed by atoms with Crippen LogP contribution in [-0.4, -0.2) is 10.7 Å². The Morgan fingerprint density at radius 3 is 2.86 bits per heavy atom. The van der Waals surface area contributed by atoms with Gasteiger partial charge in [-0.05, 0) is 64.6 Å². The second-order valence-electron chi connectivity index (χ2n) is 9.10. The molecule has 1 aliphatic heterocycles. The van der Waals surface area contributed by atoms with E-state index in [1.54, 1.807) is 5.56 Å². The van der Waals surface area contributed by atoms with Crippen LogP contribution in [0.5, 0.6) is 0 Å². The number of allylic oxidation sites excluding steroid dienone is 2. The zero-order valence-corrected chi connectivity index (χ0v) is 19.4. The fraction of sp³-hybridized carbons (Fsp3) is 0.320. The van der Waals surface area contributed by atoms with Crippen LogP contribution in [0, 0.1) is 5.41 Å². The van der Waals surface area contributed by atoms with E-state index in [2.05, 4.69) is 56.5 Å². The van der Waals surface area contributed by atoms with Gasteiger partial charge in [0, 0.05) is 43.1 Å². The van der Waals surface area contributed by atoms with Crippen LogP contribution < -0.4 is 0 Å². The van der Waals surface area contributed by atoms with Crippen molar-refractivity contribution in [1.29, 1.82) is 0 Å². The standard InChI is InChI=1S/C25H23NS3/c1-25(2,3)18-13-15(12-14-7-10-28-23(14)18)22-24-17(6-9-26-22)21-16-8-11-27-19(16)4-5-20(21)29-24/h4-7,9-10,13,15H,8,11-12H2,1-3H3. The third-order valence-corrected chi connectivity index (χ3v) is 9.50. The minimum atomic E-state index is 0.143. The van der Waals surface area contributed by atoms with Gasteiger partial charge in [0.1, 0.15) is 0 Å². The zero-order valence-electron chi connectivity index (χ0n) is 16.9. The molecule has 1 unspecified atom stereocenters. The number of rotatable bonds is 1. The van der Waals surface area contributed by atoms with E-state index < -0.39 is 0 Å². The highest BCUT2D eigenvalue weighted by Crippen LogP contribution is 2.48. The van der Waals surface area contributed by atoms with Crippen LogP contribution in [-0.2, 0) is 12.8 Å². The molecule has 1 atom stereocenters. The highest BCUT2D eigenvalue weighted by atomic mass is 32.2. The molecule has 0 radical (unpaired) electrons. The molecule has 0 amide bonds. The van der Waals surface area contributed by atoms with Crippen molar-refractivity contribution in [3.8, 4) is 0 Å². The Labute approximate surface area is 183 Å². The summed E-state index contributed by atoms with van der Waals surface area (Å²) in [4.78, 5) is 7.91. The normalized spacial score (nSPS) is 18.9. The van der Waals surface area contributed by atoms with Gasteiger partial charge in [0.25, 0.3) is 0 Å². The molecule has 4 aromatic rings. The molecule has 1 aliphatic carbocycles. The van der Waals surface area contributed by atoms with Crippen molar-refractivity contribution in [2.24, 2.45) is 5.41 Å². The lowest BCUT2D eigenvalue weighted by atomic mass is 9.77. The first kappa shape index (κ1) is 18.2. The van der Waals surface area contributed by atoms with Gasteiger partial charge >= 0.3 is 0 Å². The lowest BCUT2D eigenvalue weighted by Gasteiger charge is -2.29. The fourth-order valence-electron chi connectivity index (χ4n) is 4.85. The van der Waals surface area contributed by atoms with Gasteiger partial charge in [-0.15, -0.1) is 34.4 Å². The van der Waals surface area contributed by atoms with E-state index in [9.17, 15) is 0 Å². The summed E-state index contributed by atoms with van der Waals surface area (Å²) in [5.74, 6) is 1.57. The van der Waals surface area contributed by atoms with Crippen LogP contribution in [0.4, 0.5) is 0 Å². The summed E-state index contributed by atoms with van der Waals surface area (Å²) in [6.45, 7) is 7.00. The number of benzene rings is 1. The van der Waals surface area contributed by atoms with Gasteiger partial charge < -0.3 is 0 Å². The zero-order chi connectivity index (χ0) is 19.8. The average Bonchev–Trinajstić information content (AvgIpc) is 3.42. The Hall–Kier alpha value is -1.62. The van der Waals surface area contributed by atoms with Gasteiger partial charge in [-0.2, -0.15) is 0 Å². The van der Waals surface area contributed by atoms with E-state index in [4.69, 9.17) is 4.98 Å². The maximum absolute atomic E-state index is 4.96. The molecule has 29 heavy (non-hydrogen) atoms. The van der Waals surface area contributed by atoms with E-state index in [-0.39, 0.29) is 5.41 Å². The first-order chi connectivity index (χ1) is 14.0. The van der Waals surface area contributed by atoms with Gasteiger partial charge in [-0.25, -0.2) is 0 Å². The summed E-state index contributed by atoms with van der Waals surface area (Å²) in [6.07, 6.45) is 6.81. The smallest absolute Gasteiger partial charge is 0.0654 e. The van der Waals surface area contributed by atoms with Gasteiger partial charge in [-0.1, -0.05) is 26.8 Å². The lowest BCUT2D eigenvalue weighted by molar-refractivity contribution is 0.560. The highest BCUT2D eigenvalue weighted by Gasteiger charge is 2.30.